The third-order valence-electron chi connectivity index (χ3n) is 10.3. The van der Waals surface area contributed by atoms with E-state index in [1.54, 1.807) is 0 Å². The van der Waals surface area contributed by atoms with E-state index in [4.69, 9.17) is 14.2 Å². The molecule has 7 heteroatoms. The third kappa shape index (κ3) is 2.02. The van der Waals surface area contributed by atoms with E-state index in [1.165, 1.54) is 7.11 Å². The maximum Gasteiger partial charge on any atom is 0.312 e. The molecule has 168 valence electrons. The van der Waals surface area contributed by atoms with Gasteiger partial charge in [-0.1, -0.05) is 25.5 Å². The van der Waals surface area contributed by atoms with Gasteiger partial charge in [-0.3, -0.25) is 14.4 Å². The summed E-state index contributed by atoms with van der Waals surface area (Å²) in [5.74, 6) is -1.13. The van der Waals surface area contributed by atoms with E-state index in [1.807, 2.05) is 13.0 Å². The van der Waals surface area contributed by atoms with Crippen molar-refractivity contribution in [2.24, 2.45) is 28.6 Å². The molecule has 3 saturated carbocycles. The van der Waals surface area contributed by atoms with Gasteiger partial charge in [-0.25, -0.2) is 0 Å². The van der Waals surface area contributed by atoms with Crippen LogP contribution in [0.5, 0.6) is 0 Å². The van der Waals surface area contributed by atoms with Gasteiger partial charge in [-0.05, 0) is 31.6 Å². The fourth-order valence-corrected chi connectivity index (χ4v) is 8.61. The summed E-state index contributed by atoms with van der Waals surface area (Å²) >= 11 is 0. The number of aliphatic hydroxyl groups is 1. The fourth-order valence-electron chi connectivity index (χ4n) is 8.61. The first kappa shape index (κ1) is 19.9. The molecule has 0 amide bonds. The Kier molecular flexibility index (Phi) is 3.72. The maximum absolute atomic E-state index is 13.0. The summed E-state index contributed by atoms with van der Waals surface area (Å²) < 4.78 is 17.6. The van der Waals surface area contributed by atoms with Crippen LogP contribution in [0, 0.1) is 28.6 Å². The lowest BCUT2D eigenvalue weighted by atomic mass is 9.44. The van der Waals surface area contributed by atoms with Crippen molar-refractivity contribution in [3.63, 3.8) is 0 Å². The normalized spacial score (nSPS) is 54.3. The summed E-state index contributed by atoms with van der Waals surface area (Å²) in [5.41, 5.74) is -1.53. The number of hydrogen-bond donors (Lipinski definition) is 1. The number of carbonyl (C=O) groups is 3. The number of hydrogen-bond acceptors (Lipinski definition) is 7. The van der Waals surface area contributed by atoms with Crippen LogP contribution in [0.1, 0.15) is 58.8 Å². The van der Waals surface area contributed by atoms with Gasteiger partial charge >= 0.3 is 11.9 Å². The van der Waals surface area contributed by atoms with E-state index in [0.29, 0.717) is 38.5 Å². The molecule has 2 spiro atoms. The minimum absolute atomic E-state index is 0.0523. The Morgan fingerprint density at radius 3 is 2.65 bits per heavy atom. The Balaban J connectivity index is 1.53. The second kappa shape index (κ2) is 5.79. The number of rotatable bonds is 1. The van der Waals surface area contributed by atoms with Crippen LogP contribution in [0.15, 0.2) is 11.6 Å². The van der Waals surface area contributed by atoms with Gasteiger partial charge in [-0.2, -0.15) is 0 Å². The molecule has 5 fully saturated rings. The molecule has 6 aliphatic rings. The first-order valence-electron chi connectivity index (χ1n) is 11.5. The molecular formula is C24H30O7. The van der Waals surface area contributed by atoms with Crippen molar-refractivity contribution >= 4 is 17.7 Å². The number of methoxy groups -OCH3 is 1. The smallest absolute Gasteiger partial charge is 0.312 e. The number of ether oxygens (including phenoxy) is 3. The van der Waals surface area contributed by atoms with Gasteiger partial charge in [0.25, 0.3) is 0 Å². The summed E-state index contributed by atoms with van der Waals surface area (Å²) in [6, 6.07) is 0. The zero-order chi connectivity index (χ0) is 22.0. The molecule has 0 aromatic heterocycles. The van der Waals surface area contributed by atoms with Crippen molar-refractivity contribution in [3.05, 3.63) is 11.6 Å². The molecule has 0 aromatic rings. The molecule has 3 unspecified atom stereocenters. The number of fused-ring (bicyclic) bond motifs is 4. The summed E-state index contributed by atoms with van der Waals surface area (Å²) in [4.78, 5) is 37.5. The molecule has 9 atom stereocenters. The van der Waals surface area contributed by atoms with Gasteiger partial charge in [0, 0.05) is 36.0 Å². The summed E-state index contributed by atoms with van der Waals surface area (Å²) in [5, 5.41) is 11.7. The number of epoxide rings is 1. The second-order valence-electron chi connectivity index (χ2n) is 11.0. The molecule has 0 radical (unpaired) electrons. The van der Waals surface area contributed by atoms with Crippen LogP contribution in [0.25, 0.3) is 0 Å². The number of esters is 2. The SMILES string of the molecule is COC(=O)[C@@H]1C=C2CC(=O)CC[C@]2(C)[C@@]23O[C@@H]2C(O)[C@@]2(C)C(CC[C@@]24CCC(=O)O4)C13. The molecule has 0 aromatic carbocycles. The highest BCUT2D eigenvalue weighted by molar-refractivity contribution is 5.84. The highest BCUT2D eigenvalue weighted by Gasteiger charge is 2.86. The average Bonchev–Trinajstić information content (AvgIpc) is 3.28. The van der Waals surface area contributed by atoms with Gasteiger partial charge in [0.1, 0.15) is 23.1 Å². The zero-order valence-electron chi connectivity index (χ0n) is 18.3. The predicted octanol–water partition coefficient (Wildman–Crippen LogP) is 2.10. The highest BCUT2D eigenvalue weighted by atomic mass is 16.6. The van der Waals surface area contributed by atoms with E-state index in [9.17, 15) is 19.5 Å². The maximum atomic E-state index is 13.0. The molecule has 2 heterocycles. The Labute approximate surface area is 181 Å². The third-order valence-corrected chi connectivity index (χ3v) is 10.3. The topological polar surface area (TPSA) is 102 Å². The largest absolute Gasteiger partial charge is 0.469 e. The van der Waals surface area contributed by atoms with Crippen molar-refractivity contribution in [2.45, 2.75) is 82.2 Å². The predicted molar refractivity (Wildman–Crippen MR) is 107 cm³/mol. The molecule has 4 aliphatic carbocycles. The fraction of sp³-hybridized carbons (Fsp3) is 0.792. The van der Waals surface area contributed by atoms with Crippen LogP contribution in [0.4, 0.5) is 0 Å². The molecule has 0 bridgehead atoms. The number of ketones is 1. The molecule has 31 heavy (non-hydrogen) atoms. The Hall–Kier alpha value is -1.73. The van der Waals surface area contributed by atoms with Crippen molar-refractivity contribution in [1.82, 2.24) is 0 Å². The molecule has 2 saturated heterocycles. The molecule has 1 N–H and O–H groups in total. The van der Waals surface area contributed by atoms with Crippen LogP contribution in [-0.4, -0.2) is 53.3 Å². The quantitative estimate of drug-likeness (QED) is 0.386. The standard InChI is InChI=1S/C24H30O7/c1-21-7-4-13(25)10-12(21)11-14(20(28)29-3)17-15-5-8-23(9-6-16(26)30-23)22(15,2)18(27)19-24(17,21)31-19/h11,14-15,17-19,27H,4-10H2,1-3H3/t14-,15?,17?,18?,19-,21+,22-,23-,24+/m1/s1. The van der Waals surface area contributed by atoms with Crippen LogP contribution in [0.3, 0.4) is 0 Å². The van der Waals surface area contributed by atoms with E-state index < -0.39 is 40.2 Å². The first-order valence-corrected chi connectivity index (χ1v) is 11.5. The van der Waals surface area contributed by atoms with Crippen LogP contribution < -0.4 is 0 Å². The van der Waals surface area contributed by atoms with Gasteiger partial charge < -0.3 is 19.3 Å². The lowest BCUT2D eigenvalue weighted by Crippen LogP contribution is -2.67. The molecule has 7 nitrogen and oxygen atoms in total. The summed E-state index contributed by atoms with van der Waals surface area (Å²) in [7, 11) is 1.39. The number of carbonyl (C=O) groups excluding carboxylic acids is 3. The monoisotopic (exact) mass is 430 g/mol. The number of aliphatic hydroxyl groups excluding tert-OH is 1. The van der Waals surface area contributed by atoms with Gasteiger partial charge in [0.2, 0.25) is 0 Å². The van der Waals surface area contributed by atoms with Crippen molar-refractivity contribution in [3.8, 4) is 0 Å². The van der Waals surface area contributed by atoms with E-state index >= 15 is 0 Å². The highest BCUT2D eigenvalue weighted by Crippen LogP contribution is 2.77. The molecule has 2 aliphatic heterocycles. The first-order chi connectivity index (χ1) is 14.6. The average molecular weight is 430 g/mol. The van der Waals surface area contributed by atoms with Gasteiger partial charge in [0.15, 0.2) is 0 Å². The Bertz CT molecular complexity index is 940. The van der Waals surface area contributed by atoms with Crippen LogP contribution in [0.2, 0.25) is 0 Å². The Morgan fingerprint density at radius 2 is 1.97 bits per heavy atom. The zero-order valence-corrected chi connectivity index (χ0v) is 18.3. The van der Waals surface area contributed by atoms with E-state index in [0.717, 1.165) is 12.0 Å². The molecule has 6 rings (SSSR count). The van der Waals surface area contributed by atoms with Crippen molar-refractivity contribution in [2.75, 3.05) is 7.11 Å². The van der Waals surface area contributed by atoms with Gasteiger partial charge in [0.05, 0.1) is 19.1 Å². The Morgan fingerprint density at radius 1 is 1.19 bits per heavy atom. The second-order valence-corrected chi connectivity index (χ2v) is 11.0. The lowest BCUT2D eigenvalue weighted by Gasteiger charge is -2.58. The van der Waals surface area contributed by atoms with Crippen molar-refractivity contribution in [1.29, 1.82) is 0 Å². The van der Waals surface area contributed by atoms with Crippen LogP contribution >= 0.6 is 0 Å². The van der Waals surface area contributed by atoms with Gasteiger partial charge in [-0.15, -0.1) is 0 Å². The van der Waals surface area contributed by atoms with Crippen molar-refractivity contribution < 1.29 is 33.7 Å². The summed E-state index contributed by atoms with van der Waals surface area (Å²) in [6.45, 7) is 4.17. The lowest BCUT2D eigenvalue weighted by molar-refractivity contribution is -0.189. The summed E-state index contributed by atoms with van der Waals surface area (Å²) in [6.07, 6.45) is 4.62. The van der Waals surface area contributed by atoms with E-state index in [-0.39, 0.29) is 29.6 Å². The van der Waals surface area contributed by atoms with Crippen LogP contribution in [-0.2, 0) is 28.6 Å². The minimum atomic E-state index is -0.797. The molecular weight excluding hydrogens is 400 g/mol. The number of Topliss-reactive ketones (excluding diaryl/α,β-unsaturated/α-hetero) is 1. The van der Waals surface area contributed by atoms with E-state index in [2.05, 4.69) is 6.92 Å². The minimum Gasteiger partial charge on any atom is -0.469 e.